The summed E-state index contributed by atoms with van der Waals surface area (Å²) in [4.78, 5) is 0. The topological polar surface area (TPSA) is 26.0 Å². The van der Waals surface area contributed by atoms with E-state index in [0.717, 1.165) is 4.25 Å². The lowest BCUT2D eigenvalue weighted by molar-refractivity contribution is -0.735. The van der Waals surface area contributed by atoms with Crippen LogP contribution in [-0.2, 0) is 0 Å². The normalized spacial score (nSPS) is 12.0. The fourth-order valence-electron chi connectivity index (χ4n) is 0. The van der Waals surface area contributed by atoms with Crippen molar-refractivity contribution in [2.45, 2.75) is 0 Å². The van der Waals surface area contributed by atoms with Gasteiger partial charge in [-0.1, -0.05) is 0 Å². The van der Waals surface area contributed by atoms with Gasteiger partial charge in [0.1, 0.15) is 0 Å². The average molecular weight is 118 g/mol. The van der Waals surface area contributed by atoms with Gasteiger partial charge in [-0.25, -0.2) is 0 Å². The Kier molecular flexibility index (Phi) is 5.09. The molecule has 0 aromatic carbocycles. The summed E-state index contributed by atoms with van der Waals surface area (Å²) in [5.41, 5.74) is 5.31. The number of quaternary nitrogens is 1. The summed E-state index contributed by atoms with van der Waals surface area (Å²) in [6, 6.07) is 0. The quantitative estimate of drug-likeness (QED) is 0.373. The van der Waals surface area contributed by atoms with Crippen LogP contribution in [0.3, 0.4) is 0 Å². The molecule has 1 atom stereocenters. The van der Waals surface area contributed by atoms with E-state index < -0.39 is 0 Å². The summed E-state index contributed by atoms with van der Waals surface area (Å²) in [5.74, 6) is 0. The van der Waals surface area contributed by atoms with Crippen LogP contribution in [0.15, 0.2) is 0 Å². The Morgan fingerprint density at radius 1 is 1.29 bits per heavy atom. The molecule has 0 aromatic heterocycles. The minimum absolute atomic E-state index is 0. The minimum Gasteiger partial charge on any atom is -0.307 e. The Balaban J connectivity index is 0. The maximum absolute atomic E-state index is 5.31. The van der Waals surface area contributed by atoms with Crippen LogP contribution in [-0.4, -0.2) is 33.8 Å². The molecule has 0 aliphatic carbocycles. The maximum Gasteiger partial charge on any atom is 0.164 e. The molecule has 2 nitrogen and oxygen atoms in total. The van der Waals surface area contributed by atoms with Crippen LogP contribution in [0.5, 0.6) is 0 Å². The molecule has 0 aromatic rings. The van der Waals surface area contributed by atoms with Crippen molar-refractivity contribution in [2.24, 2.45) is 5.50 Å². The molecule has 0 saturated carbocycles. The number of rotatable bonds is 1. The van der Waals surface area contributed by atoms with E-state index in [0.29, 0.717) is 8.88 Å². The Hall–Kier alpha value is 0.415. The molecule has 0 amide bonds. The van der Waals surface area contributed by atoms with Crippen LogP contribution in [0, 0.1) is 0 Å². The monoisotopic (exact) mass is 118 g/mol. The first-order chi connectivity index (χ1) is 2.56. The third-order valence-corrected chi connectivity index (χ3v) is 1.16. The van der Waals surface area contributed by atoms with Crippen LogP contribution in [0.4, 0.5) is 0 Å². The van der Waals surface area contributed by atoms with E-state index in [1.54, 1.807) is 0 Å². The van der Waals surface area contributed by atoms with Gasteiger partial charge in [0, 0.05) is 8.41 Å². The van der Waals surface area contributed by atoms with Crippen LogP contribution < -0.4 is 5.50 Å². The van der Waals surface area contributed by atoms with E-state index in [1.165, 1.54) is 0 Å². The second-order valence-corrected chi connectivity index (χ2v) is 3.74. The largest absolute Gasteiger partial charge is 0.307 e. The van der Waals surface area contributed by atoms with Crippen LogP contribution >= 0.6 is 8.88 Å². The average Bonchev–Trinajstić information content (AvgIpc) is 1.35. The highest BCUT2D eigenvalue weighted by molar-refractivity contribution is 7.28. The zero-order valence-electron chi connectivity index (χ0n) is 5.10. The third kappa shape index (κ3) is 10.7. The predicted molar refractivity (Wildman–Crippen MR) is 36.3 cm³/mol. The summed E-state index contributed by atoms with van der Waals surface area (Å²) in [6.07, 6.45) is 0. The van der Waals surface area contributed by atoms with Gasteiger partial charge in [0.05, 0.1) is 21.1 Å². The van der Waals surface area contributed by atoms with Crippen molar-refractivity contribution < 1.29 is 4.25 Å². The molecule has 0 spiro atoms. The first kappa shape index (κ1) is 10.4. The number of hydrogen-bond acceptors (Lipinski definition) is 1. The fraction of sp³-hybridized carbons (Fsp3) is 1.00. The SMILES string of the molecule is C[N+](C)(C)PN.[B]. The van der Waals surface area contributed by atoms with Crippen LogP contribution in [0.1, 0.15) is 0 Å². The molecule has 7 heavy (non-hydrogen) atoms. The number of hydrogen-bond donors (Lipinski definition) is 1. The van der Waals surface area contributed by atoms with Crippen molar-refractivity contribution in [1.29, 1.82) is 0 Å². The zero-order valence-corrected chi connectivity index (χ0v) is 6.10. The summed E-state index contributed by atoms with van der Waals surface area (Å²) in [6.45, 7) is 0. The highest BCUT2D eigenvalue weighted by Crippen LogP contribution is 2.09. The lowest BCUT2D eigenvalue weighted by atomic mass is 10.8. The van der Waals surface area contributed by atoms with Gasteiger partial charge in [-0.2, -0.15) is 0 Å². The van der Waals surface area contributed by atoms with Crippen molar-refractivity contribution in [3.63, 3.8) is 0 Å². The van der Waals surface area contributed by atoms with E-state index in [1.807, 2.05) is 0 Å². The molecule has 0 aliphatic rings. The Morgan fingerprint density at radius 3 is 1.43 bits per heavy atom. The number of nitrogens with zero attached hydrogens (tertiary/aromatic N) is 1. The summed E-state index contributed by atoms with van der Waals surface area (Å²) < 4.78 is 0.875. The molecule has 0 rings (SSSR count). The zero-order chi connectivity index (χ0) is 5.21. The molecule has 41 valence electrons. The Bertz CT molecular complexity index is 42.7. The Morgan fingerprint density at radius 2 is 1.43 bits per heavy atom. The highest BCUT2D eigenvalue weighted by atomic mass is 31.1. The second kappa shape index (κ2) is 3.42. The van der Waals surface area contributed by atoms with Crippen molar-refractivity contribution in [1.82, 2.24) is 0 Å². The lowest BCUT2D eigenvalue weighted by Gasteiger charge is -2.18. The number of nitrogens with two attached hydrogens (primary N) is 1. The molecular weight excluding hydrogens is 106 g/mol. The van der Waals surface area contributed by atoms with Gasteiger partial charge >= 0.3 is 0 Å². The molecule has 0 aliphatic heterocycles. The predicted octanol–water partition coefficient (Wildman–Crippen LogP) is -0.221. The Labute approximate surface area is 49.1 Å². The smallest absolute Gasteiger partial charge is 0.164 e. The van der Waals surface area contributed by atoms with Gasteiger partial charge < -0.3 is 4.25 Å². The van der Waals surface area contributed by atoms with Gasteiger partial charge in [0.15, 0.2) is 8.88 Å². The van der Waals surface area contributed by atoms with Crippen molar-refractivity contribution in [3.8, 4) is 0 Å². The van der Waals surface area contributed by atoms with Crippen molar-refractivity contribution >= 4 is 17.3 Å². The van der Waals surface area contributed by atoms with E-state index >= 15 is 0 Å². The first-order valence-electron chi connectivity index (χ1n) is 1.85. The standard InChI is InChI=1S/C3H12N2P.B/c1-5(2,3)6-4;/h6H,4H2,1-3H3;/q+1;. The molecule has 0 heterocycles. The first-order valence-corrected chi connectivity index (χ1v) is 2.88. The van der Waals surface area contributed by atoms with E-state index in [2.05, 4.69) is 21.1 Å². The lowest BCUT2D eigenvalue weighted by Crippen LogP contribution is -2.24. The van der Waals surface area contributed by atoms with E-state index in [9.17, 15) is 0 Å². The summed E-state index contributed by atoms with van der Waals surface area (Å²) >= 11 is 0. The summed E-state index contributed by atoms with van der Waals surface area (Å²) in [5, 5.41) is 0. The van der Waals surface area contributed by atoms with E-state index in [-0.39, 0.29) is 8.41 Å². The van der Waals surface area contributed by atoms with Gasteiger partial charge in [-0.3, -0.25) is 5.50 Å². The van der Waals surface area contributed by atoms with Gasteiger partial charge in [-0.15, -0.1) is 0 Å². The maximum atomic E-state index is 5.31. The second-order valence-electron chi connectivity index (χ2n) is 2.14. The van der Waals surface area contributed by atoms with Crippen molar-refractivity contribution in [3.05, 3.63) is 0 Å². The highest BCUT2D eigenvalue weighted by Gasteiger charge is 1.99. The molecule has 1 unspecified atom stereocenters. The molecule has 3 radical (unpaired) electrons. The van der Waals surface area contributed by atoms with Gasteiger partial charge in [0.2, 0.25) is 0 Å². The van der Waals surface area contributed by atoms with Gasteiger partial charge in [0.25, 0.3) is 0 Å². The summed E-state index contributed by atoms with van der Waals surface area (Å²) in [7, 11) is 6.71. The third-order valence-electron chi connectivity index (χ3n) is 0.387. The molecule has 2 N–H and O–H groups in total. The fourth-order valence-corrected chi connectivity index (χ4v) is 0. The van der Waals surface area contributed by atoms with Crippen LogP contribution in [0.25, 0.3) is 0 Å². The molecule has 0 saturated heterocycles. The van der Waals surface area contributed by atoms with Crippen LogP contribution in [0.2, 0.25) is 0 Å². The molecule has 0 fully saturated rings. The minimum atomic E-state index is 0. The van der Waals surface area contributed by atoms with Gasteiger partial charge in [-0.05, 0) is 0 Å². The van der Waals surface area contributed by atoms with Crippen molar-refractivity contribution in [2.75, 3.05) is 21.1 Å². The molecule has 4 heteroatoms. The molecule has 0 bridgehead atoms. The van der Waals surface area contributed by atoms with E-state index in [4.69, 9.17) is 5.50 Å². The molecular formula is C3H12BN2P+.